The predicted octanol–water partition coefficient (Wildman–Crippen LogP) is 3.15. The van der Waals surface area contributed by atoms with Gasteiger partial charge in [0.05, 0.1) is 13.2 Å². The van der Waals surface area contributed by atoms with Gasteiger partial charge in [-0.3, -0.25) is 0 Å². The zero-order valence-electron chi connectivity index (χ0n) is 12.5. The van der Waals surface area contributed by atoms with Gasteiger partial charge >= 0.3 is 0 Å². The highest BCUT2D eigenvalue weighted by molar-refractivity contribution is 6.31. The second-order valence-electron chi connectivity index (χ2n) is 5.36. The van der Waals surface area contributed by atoms with Gasteiger partial charge in [-0.15, -0.1) is 0 Å². The summed E-state index contributed by atoms with van der Waals surface area (Å²) in [6.07, 6.45) is -2.46. The summed E-state index contributed by atoms with van der Waals surface area (Å²) >= 11 is 6.21. The molecule has 0 bridgehead atoms. The minimum Gasteiger partial charge on any atom is -0.395 e. The van der Waals surface area contributed by atoms with Gasteiger partial charge in [0, 0.05) is 23.8 Å². The van der Waals surface area contributed by atoms with Gasteiger partial charge in [-0.05, 0) is 30.2 Å². The Kier molecular flexibility index (Phi) is 7.93. The van der Waals surface area contributed by atoms with Gasteiger partial charge in [-0.25, -0.2) is 8.78 Å². The summed E-state index contributed by atoms with van der Waals surface area (Å²) in [6, 6.07) is 5.27. The first-order valence-electron chi connectivity index (χ1n) is 7.07. The summed E-state index contributed by atoms with van der Waals surface area (Å²) < 4.78 is 25.1. The van der Waals surface area contributed by atoms with Crippen molar-refractivity contribution in [3.05, 3.63) is 28.8 Å². The van der Waals surface area contributed by atoms with Crippen molar-refractivity contribution in [3.63, 3.8) is 0 Å². The number of aliphatic hydroxyl groups is 1. The molecule has 21 heavy (non-hydrogen) atoms. The van der Waals surface area contributed by atoms with E-state index in [1.807, 2.05) is 6.07 Å². The molecular weight excluding hydrogens is 298 g/mol. The van der Waals surface area contributed by atoms with E-state index in [1.54, 1.807) is 12.1 Å². The summed E-state index contributed by atoms with van der Waals surface area (Å²) in [5.74, 6) is 0.550. The van der Waals surface area contributed by atoms with Gasteiger partial charge in [-0.1, -0.05) is 31.5 Å². The average Bonchev–Trinajstić information content (AvgIpc) is 2.39. The Balaban J connectivity index is 2.74. The third-order valence-corrected chi connectivity index (χ3v) is 3.35. The lowest BCUT2D eigenvalue weighted by molar-refractivity contribution is 0.153. The van der Waals surface area contributed by atoms with E-state index < -0.39 is 13.0 Å². The SMILES string of the molecule is CC(C)CNCc1ccc(N(CCO)CC(F)F)cc1Cl. The van der Waals surface area contributed by atoms with E-state index in [0.717, 1.165) is 12.1 Å². The van der Waals surface area contributed by atoms with Crippen LogP contribution < -0.4 is 10.2 Å². The second-order valence-corrected chi connectivity index (χ2v) is 5.77. The molecule has 1 aromatic rings. The maximum atomic E-state index is 12.5. The lowest BCUT2D eigenvalue weighted by Crippen LogP contribution is -2.31. The normalized spacial score (nSPS) is 11.4. The van der Waals surface area contributed by atoms with Crippen molar-refractivity contribution in [1.29, 1.82) is 0 Å². The molecule has 0 saturated heterocycles. The maximum absolute atomic E-state index is 12.5. The van der Waals surface area contributed by atoms with Crippen LogP contribution in [0.2, 0.25) is 5.02 Å². The molecule has 0 aromatic heterocycles. The highest BCUT2D eigenvalue weighted by Crippen LogP contribution is 2.24. The van der Waals surface area contributed by atoms with E-state index in [9.17, 15) is 8.78 Å². The monoisotopic (exact) mass is 320 g/mol. The van der Waals surface area contributed by atoms with E-state index in [4.69, 9.17) is 16.7 Å². The zero-order valence-corrected chi connectivity index (χ0v) is 13.2. The molecule has 0 fully saturated rings. The van der Waals surface area contributed by atoms with Crippen molar-refractivity contribution in [2.45, 2.75) is 26.8 Å². The quantitative estimate of drug-likeness (QED) is 0.733. The topological polar surface area (TPSA) is 35.5 Å². The second kappa shape index (κ2) is 9.18. The molecule has 6 heteroatoms. The Morgan fingerprint density at radius 3 is 2.57 bits per heavy atom. The van der Waals surface area contributed by atoms with Crippen LogP contribution in [0.25, 0.3) is 0 Å². The van der Waals surface area contributed by atoms with Crippen LogP contribution in [0, 0.1) is 5.92 Å². The van der Waals surface area contributed by atoms with E-state index in [2.05, 4.69) is 19.2 Å². The number of anilines is 1. The molecule has 0 spiro atoms. The summed E-state index contributed by atoms with van der Waals surface area (Å²) in [4.78, 5) is 1.43. The zero-order chi connectivity index (χ0) is 15.8. The Morgan fingerprint density at radius 1 is 1.33 bits per heavy atom. The standard InChI is InChI=1S/C15H23ClF2N2O/c1-11(2)8-19-9-12-3-4-13(7-14(12)16)20(5-6-21)10-15(17)18/h3-4,7,11,15,19,21H,5-6,8-10H2,1-2H3. The lowest BCUT2D eigenvalue weighted by atomic mass is 10.1. The van der Waals surface area contributed by atoms with E-state index in [0.29, 0.717) is 23.2 Å². The van der Waals surface area contributed by atoms with Crippen molar-refractivity contribution >= 4 is 17.3 Å². The first-order chi connectivity index (χ1) is 9.93. The summed E-state index contributed by atoms with van der Waals surface area (Å²) in [6.45, 7) is 5.34. The molecule has 0 heterocycles. The van der Waals surface area contributed by atoms with Crippen LogP contribution in [0.1, 0.15) is 19.4 Å². The van der Waals surface area contributed by atoms with Crippen LogP contribution in [0.15, 0.2) is 18.2 Å². The maximum Gasteiger partial charge on any atom is 0.255 e. The summed E-state index contributed by atoms with van der Waals surface area (Å²) in [5, 5.41) is 12.8. The molecule has 0 radical (unpaired) electrons. The predicted molar refractivity (Wildman–Crippen MR) is 83.3 cm³/mol. The fourth-order valence-electron chi connectivity index (χ4n) is 1.98. The fourth-order valence-corrected chi connectivity index (χ4v) is 2.23. The van der Waals surface area contributed by atoms with Gasteiger partial charge in [-0.2, -0.15) is 0 Å². The number of halogens is 3. The lowest BCUT2D eigenvalue weighted by Gasteiger charge is -2.24. The largest absolute Gasteiger partial charge is 0.395 e. The molecular formula is C15H23ClF2N2O. The number of alkyl halides is 2. The number of aliphatic hydroxyl groups excluding tert-OH is 1. The van der Waals surface area contributed by atoms with Crippen LogP contribution in [0.4, 0.5) is 14.5 Å². The number of rotatable bonds is 9. The van der Waals surface area contributed by atoms with Gasteiger partial charge in [0.1, 0.15) is 0 Å². The molecule has 0 amide bonds. The molecule has 1 rings (SSSR count). The Morgan fingerprint density at radius 2 is 2.05 bits per heavy atom. The van der Waals surface area contributed by atoms with Crippen LogP contribution >= 0.6 is 11.6 Å². The van der Waals surface area contributed by atoms with E-state index in [1.165, 1.54) is 4.90 Å². The fraction of sp³-hybridized carbons (Fsp3) is 0.600. The Labute approximate surface area is 129 Å². The van der Waals surface area contributed by atoms with Crippen molar-refractivity contribution in [2.75, 3.05) is 31.1 Å². The Hall–Kier alpha value is -0.910. The number of nitrogens with one attached hydrogen (secondary N) is 1. The van der Waals surface area contributed by atoms with E-state index >= 15 is 0 Å². The molecule has 0 unspecified atom stereocenters. The van der Waals surface area contributed by atoms with Crippen LogP contribution in [-0.4, -0.2) is 37.8 Å². The van der Waals surface area contributed by atoms with Crippen LogP contribution in [0.5, 0.6) is 0 Å². The molecule has 0 saturated carbocycles. The molecule has 120 valence electrons. The van der Waals surface area contributed by atoms with Crippen molar-refractivity contribution in [3.8, 4) is 0 Å². The van der Waals surface area contributed by atoms with E-state index in [-0.39, 0.29) is 13.2 Å². The molecule has 1 aromatic carbocycles. The molecule has 0 aliphatic heterocycles. The Bertz CT molecular complexity index is 430. The van der Waals surface area contributed by atoms with Crippen LogP contribution in [0.3, 0.4) is 0 Å². The molecule has 3 nitrogen and oxygen atoms in total. The molecule has 0 atom stereocenters. The highest BCUT2D eigenvalue weighted by atomic mass is 35.5. The first-order valence-corrected chi connectivity index (χ1v) is 7.45. The van der Waals surface area contributed by atoms with Gasteiger partial charge in [0.2, 0.25) is 0 Å². The van der Waals surface area contributed by atoms with Crippen molar-refractivity contribution < 1.29 is 13.9 Å². The number of benzene rings is 1. The first kappa shape index (κ1) is 18.1. The van der Waals surface area contributed by atoms with Crippen molar-refractivity contribution in [2.24, 2.45) is 5.92 Å². The van der Waals surface area contributed by atoms with Gasteiger partial charge in [0.25, 0.3) is 6.43 Å². The van der Waals surface area contributed by atoms with Gasteiger partial charge in [0.15, 0.2) is 0 Å². The third kappa shape index (κ3) is 6.59. The smallest absolute Gasteiger partial charge is 0.255 e. The molecule has 0 aliphatic carbocycles. The van der Waals surface area contributed by atoms with Crippen LogP contribution in [-0.2, 0) is 6.54 Å². The minimum atomic E-state index is -2.46. The van der Waals surface area contributed by atoms with Gasteiger partial charge < -0.3 is 15.3 Å². The molecule has 0 aliphatic rings. The third-order valence-electron chi connectivity index (χ3n) is 3.00. The average molecular weight is 321 g/mol. The highest BCUT2D eigenvalue weighted by Gasteiger charge is 2.13. The molecule has 2 N–H and O–H groups in total. The number of hydrogen-bond acceptors (Lipinski definition) is 3. The summed E-state index contributed by atoms with van der Waals surface area (Å²) in [5.41, 5.74) is 1.53. The number of nitrogens with zero attached hydrogens (tertiary/aromatic N) is 1. The minimum absolute atomic E-state index is 0.158. The van der Waals surface area contributed by atoms with Crippen molar-refractivity contribution in [1.82, 2.24) is 5.32 Å². The number of hydrogen-bond donors (Lipinski definition) is 2. The summed E-state index contributed by atoms with van der Waals surface area (Å²) in [7, 11) is 0.